The minimum absolute atomic E-state index is 0.0207. The van der Waals surface area contributed by atoms with Crippen molar-refractivity contribution in [3.05, 3.63) is 71.3 Å². The largest absolute Gasteiger partial charge is 0.350 e. The number of carbonyl (C=O) groups is 2. The molecule has 1 heterocycles. The molecular formula is C23H28N2O2S. The number of carbonyl (C=O) groups excluding carboxylic acids is 2. The first-order valence-electron chi connectivity index (χ1n) is 9.94. The van der Waals surface area contributed by atoms with Crippen LogP contribution in [-0.4, -0.2) is 35.1 Å². The van der Waals surface area contributed by atoms with Crippen molar-refractivity contribution >= 4 is 23.6 Å². The molecule has 2 aromatic carbocycles. The zero-order chi connectivity index (χ0) is 19.9. The van der Waals surface area contributed by atoms with Crippen LogP contribution in [0.2, 0.25) is 0 Å². The number of hydrogen-bond donors (Lipinski definition) is 1. The third kappa shape index (κ3) is 5.16. The molecule has 0 aliphatic carbocycles. The van der Waals surface area contributed by atoms with E-state index in [-0.39, 0.29) is 23.2 Å². The first kappa shape index (κ1) is 20.5. The molecule has 0 aromatic heterocycles. The molecule has 0 radical (unpaired) electrons. The number of thioether (sulfide) groups is 1. The van der Waals surface area contributed by atoms with E-state index in [4.69, 9.17) is 0 Å². The maximum absolute atomic E-state index is 12.4. The fourth-order valence-corrected chi connectivity index (χ4v) is 4.70. The van der Waals surface area contributed by atoms with Gasteiger partial charge in [0.05, 0.1) is 5.75 Å². The fraction of sp³-hybridized carbons (Fsp3) is 0.391. The van der Waals surface area contributed by atoms with E-state index in [2.05, 4.69) is 24.4 Å². The van der Waals surface area contributed by atoms with Gasteiger partial charge >= 0.3 is 0 Å². The summed E-state index contributed by atoms with van der Waals surface area (Å²) in [5.41, 5.74) is 2.97. The molecule has 0 unspecified atom stereocenters. The van der Waals surface area contributed by atoms with Crippen molar-refractivity contribution in [1.82, 2.24) is 10.2 Å². The Morgan fingerprint density at radius 3 is 2.57 bits per heavy atom. The van der Waals surface area contributed by atoms with E-state index in [1.165, 1.54) is 5.56 Å². The fourth-order valence-electron chi connectivity index (χ4n) is 3.48. The lowest BCUT2D eigenvalue weighted by Crippen LogP contribution is -2.32. The minimum Gasteiger partial charge on any atom is -0.350 e. The van der Waals surface area contributed by atoms with Gasteiger partial charge in [-0.3, -0.25) is 9.59 Å². The Balaban J connectivity index is 1.64. The van der Waals surface area contributed by atoms with Crippen molar-refractivity contribution in [2.45, 2.75) is 44.5 Å². The number of benzene rings is 2. The van der Waals surface area contributed by atoms with E-state index >= 15 is 0 Å². The van der Waals surface area contributed by atoms with Gasteiger partial charge in [0, 0.05) is 18.2 Å². The first-order valence-corrected chi connectivity index (χ1v) is 11.0. The second-order valence-corrected chi connectivity index (χ2v) is 8.34. The van der Waals surface area contributed by atoms with E-state index in [0.29, 0.717) is 17.9 Å². The van der Waals surface area contributed by atoms with Crippen LogP contribution in [0.1, 0.15) is 53.5 Å². The molecule has 148 valence electrons. The van der Waals surface area contributed by atoms with Crippen molar-refractivity contribution in [3.8, 4) is 0 Å². The molecule has 2 aromatic rings. The number of rotatable bonds is 8. The highest BCUT2D eigenvalue weighted by molar-refractivity contribution is 8.00. The third-order valence-electron chi connectivity index (χ3n) is 5.01. The molecule has 4 nitrogen and oxygen atoms in total. The van der Waals surface area contributed by atoms with Crippen LogP contribution >= 0.6 is 11.8 Å². The quantitative estimate of drug-likeness (QED) is 0.718. The van der Waals surface area contributed by atoms with Crippen LogP contribution in [0.3, 0.4) is 0 Å². The van der Waals surface area contributed by atoms with Crippen molar-refractivity contribution < 1.29 is 9.59 Å². The summed E-state index contributed by atoms with van der Waals surface area (Å²) in [6.45, 7) is 4.85. The van der Waals surface area contributed by atoms with Gasteiger partial charge in [-0.15, -0.1) is 11.8 Å². The average molecular weight is 397 g/mol. The number of nitrogens with one attached hydrogen (secondary N) is 1. The lowest BCUT2D eigenvalue weighted by molar-refractivity contribution is -0.128. The van der Waals surface area contributed by atoms with Gasteiger partial charge in [0.1, 0.15) is 5.37 Å². The van der Waals surface area contributed by atoms with Gasteiger partial charge in [-0.25, -0.2) is 0 Å². The maximum Gasteiger partial charge on any atom is 0.251 e. The molecule has 1 saturated heterocycles. The van der Waals surface area contributed by atoms with Gasteiger partial charge in [-0.1, -0.05) is 55.8 Å². The lowest BCUT2D eigenvalue weighted by Gasteiger charge is -2.24. The standard InChI is InChI=1S/C23H28N2O2S/c1-3-7-17(2)24-22(27)19-10-12-20(13-11-19)23-25(21(26)16-28-23)15-14-18-8-5-4-6-9-18/h4-6,8-13,17,23H,3,7,14-16H2,1-2H3,(H,24,27)/t17-,23+/m0/s1. The number of nitrogens with zero attached hydrogens (tertiary/aromatic N) is 1. The molecule has 0 spiro atoms. The third-order valence-corrected chi connectivity index (χ3v) is 6.27. The molecule has 2 amide bonds. The predicted molar refractivity (Wildman–Crippen MR) is 115 cm³/mol. The van der Waals surface area contributed by atoms with Gasteiger partial charge < -0.3 is 10.2 Å². The second-order valence-electron chi connectivity index (χ2n) is 7.27. The number of amides is 2. The summed E-state index contributed by atoms with van der Waals surface area (Å²) in [7, 11) is 0. The Morgan fingerprint density at radius 1 is 1.18 bits per heavy atom. The second kappa shape index (κ2) is 9.78. The van der Waals surface area contributed by atoms with Gasteiger partial charge in [0.25, 0.3) is 5.91 Å². The lowest BCUT2D eigenvalue weighted by atomic mass is 10.1. The summed E-state index contributed by atoms with van der Waals surface area (Å²) in [5.74, 6) is 0.653. The van der Waals surface area contributed by atoms with E-state index in [1.54, 1.807) is 11.8 Å². The van der Waals surface area contributed by atoms with Crippen LogP contribution in [0.4, 0.5) is 0 Å². The van der Waals surface area contributed by atoms with E-state index in [1.807, 2.05) is 54.3 Å². The van der Waals surface area contributed by atoms with Gasteiger partial charge in [-0.2, -0.15) is 0 Å². The average Bonchev–Trinajstić information content (AvgIpc) is 3.08. The Hall–Kier alpha value is -2.27. The molecule has 1 aliphatic rings. The number of hydrogen-bond acceptors (Lipinski definition) is 3. The molecule has 0 saturated carbocycles. The first-order chi connectivity index (χ1) is 13.6. The summed E-state index contributed by atoms with van der Waals surface area (Å²) >= 11 is 1.65. The molecule has 1 fully saturated rings. The molecule has 3 rings (SSSR count). The zero-order valence-corrected chi connectivity index (χ0v) is 17.4. The predicted octanol–water partition coefficient (Wildman–Crippen LogP) is 4.42. The summed E-state index contributed by atoms with van der Waals surface area (Å²) in [5, 5.41) is 3.05. The van der Waals surface area contributed by atoms with Crippen LogP contribution in [0.5, 0.6) is 0 Å². The highest BCUT2D eigenvalue weighted by atomic mass is 32.2. The molecule has 1 aliphatic heterocycles. The van der Waals surface area contributed by atoms with Gasteiger partial charge in [0.15, 0.2) is 0 Å². The Bertz CT molecular complexity index is 792. The highest BCUT2D eigenvalue weighted by Crippen LogP contribution is 2.38. The van der Waals surface area contributed by atoms with Crippen molar-refractivity contribution in [3.63, 3.8) is 0 Å². The smallest absolute Gasteiger partial charge is 0.251 e. The molecule has 1 N–H and O–H groups in total. The van der Waals surface area contributed by atoms with Crippen LogP contribution in [0.15, 0.2) is 54.6 Å². The summed E-state index contributed by atoms with van der Waals surface area (Å²) in [4.78, 5) is 26.7. The van der Waals surface area contributed by atoms with Crippen LogP contribution in [-0.2, 0) is 11.2 Å². The minimum atomic E-state index is -0.0383. The normalized spacial score (nSPS) is 17.6. The van der Waals surface area contributed by atoms with E-state index in [0.717, 1.165) is 24.8 Å². The van der Waals surface area contributed by atoms with Crippen LogP contribution in [0.25, 0.3) is 0 Å². The topological polar surface area (TPSA) is 49.4 Å². The maximum atomic E-state index is 12.4. The summed E-state index contributed by atoms with van der Waals surface area (Å²) in [6, 6.07) is 18.1. The monoisotopic (exact) mass is 396 g/mol. The van der Waals surface area contributed by atoms with Gasteiger partial charge in [-0.05, 0) is 43.0 Å². The molecular weight excluding hydrogens is 368 g/mol. The van der Waals surface area contributed by atoms with Crippen molar-refractivity contribution in [2.24, 2.45) is 0 Å². The Kier molecular flexibility index (Phi) is 7.15. The van der Waals surface area contributed by atoms with Crippen molar-refractivity contribution in [2.75, 3.05) is 12.3 Å². The highest BCUT2D eigenvalue weighted by Gasteiger charge is 2.32. The van der Waals surface area contributed by atoms with Crippen LogP contribution in [0, 0.1) is 0 Å². The van der Waals surface area contributed by atoms with Gasteiger partial charge in [0.2, 0.25) is 5.91 Å². The molecule has 5 heteroatoms. The SMILES string of the molecule is CCC[C@H](C)NC(=O)c1ccc([C@H]2SCC(=O)N2CCc2ccccc2)cc1. The Morgan fingerprint density at radius 2 is 1.89 bits per heavy atom. The zero-order valence-electron chi connectivity index (χ0n) is 16.6. The van der Waals surface area contributed by atoms with Crippen LogP contribution < -0.4 is 5.32 Å². The summed E-state index contributed by atoms with van der Waals surface area (Å²) < 4.78 is 0. The Labute approximate surface area is 171 Å². The van der Waals surface area contributed by atoms with E-state index in [9.17, 15) is 9.59 Å². The molecule has 2 atom stereocenters. The molecule has 28 heavy (non-hydrogen) atoms. The summed E-state index contributed by atoms with van der Waals surface area (Å²) in [6.07, 6.45) is 2.87. The molecule has 0 bridgehead atoms. The van der Waals surface area contributed by atoms with E-state index < -0.39 is 0 Å². The van der Waals surface area contributed by atoms with Crippen molar-refractivity contribution in [1.29, 1.82) is 0 Å².